The fourth-order valence-electron chi connectivity index (χ4n) is 0. The van der Waals surface area contributed by atoms with Crippen molar-refractivity contribution >= 4 is 23.8 Å². The topological polar surface area (TPSA) is 37.3 Å². The summed E-state index contributed by atoms with van der Waals surface area (Å²) in [5.41, 5.74) is 0. The van der Waals surface area contributed by atoms with E-state index >= 15 is 0 Å². The molecule has 0 aliphatic rings. The number of rotatable bonds is 0. The van der Waals surface area contributed by atoms with Gasteiger partial charge in [-0.2, -0.15) is 0 Å². The van der Waals surface area contributed by atoms with E-state index in [0.29, 0.717) is 6.47 Å². The van der Waals surface area contributed by atoms with Crippen LogP contribution < -0.4 is 0 Å². The predicted molar refractivity (Wildman–Crippen MR) is 18.3 cm³/mol. The van der Waals surface area contributed by atoms with E-state index in [2.05, 4.69) is 0 Å². The van der Waals surface area contributed by atoms with Crippen molar-refractivity contribution in [1.82, 2.24) is 0 Å². The van der Waals surface area contributed by atoms with Crippen LogP contribution in [0.3, 0.4) is 0 Å². The van der Waals surface area contributed by atoms with Crippen LogP contribution >= 0.6 is 0 Å². The van der Waals surface area contributed by atoms with Crippen LogP contribution in [0.5, 0.6) is 0 Å². The Kier molecular flexibility index (Phi) is 70.0. The molecule has 0 aromatic rings. The van der Waals surface area contributed by atoms with Crippen molar-refractivity contribution < 1.29 is 36.1 Å². The van der Waals surface area contributed by atoms with E-state index in [0.717, 1.165) is 0 Å². The van der Waals surface area contributed by atoms with E-state index in [1.54, 1.807) is 0 Å². The van der Waals surface area contributed by atoms with Crippen LogP contribution in [0.2, 0.25) is 0 Å². The Hall–Kier alpha value is 0.886. The van der Waals surface area contributed by atoms with Crippen molar-refractivity contribution in [3.05, 3.63) is 0 Å². The first-order valence-corrected chi connectivity index (χ1v) is 0.428. The Balaban J connectivity index is -0.0000000200. The van der Waals surface area contributed by atoms with Crippen molar-refractivity contribution in [3.63, 3.8) is 0 Å². The molecule has 0 spiro atoms. The van der Waals surface area contributed by atoms with Crippen molar-refractivity contribution in [2.24, 2.45) is 0 Å². The fourth-order valence-corrected chi connectivity index (χ4v) is 0. The molecular formula is CH4AlO2Zr-. The maximum Gasteiger partial charge on any atom is 0.187 e. The van der Waals surface area contributed by atoms with Gasteiger partial charge in [0.25, 0.3) is 0 Å². The summed E-state index contributed by atoms with van der Waals surface area (Å²) in [5, 5.41) is 6.76. The second kappa shape index (κ2) is 20.7. The first-order chi connectivity index (χ1) is 1.41. The second-order valence-electron chi connectivity index (χ2n) is 0.0913. The van der Waals surface area contributed by atoms with Gasteiger partial charge >= 0.3 is 0 Å². The van der Waals surface area contributed by atoms with Gasteiger partial charge in [-0.1, -0.05) is 6.47 Å². The minimum absolute atomic E-state index is 0. The van der Waals surface area contributed by atoms with Crippen molar-refractivity contribution in [2.45, 2.75) is 0 Å². The zero-order chi connectivity index (χ0) is 2.71. The average molecular weight is 166 g/mol. The number of hydrogen-bond acceptors (Lipinski definition) is 1. The van der Waals surface area contributed by atoms with Gasteiger partial charge in [0.05, 0.1) is 0 Å². The quantitative estimate of drug-likeness (QED) is 0.348. The van der Waals surface area contributed by atoms with Crippen LogP contribution in [0.25, 0.3) is 0 Å². The van der Waals surface area contributed by atoms with E-state index in [4.69, 9.17) is 9.90 Å². The third kappa shape index (κ3) is 51.9. The molecule has 0 amide bonds. The van der Waals surface area contributed by atoms with Gasteiger partial charge in [-0.05, 0) is 0 Å². The van der Waals surface area contributed by atoms with Crippen molar-refractivity contribution in [1.29, 1.82) is 0 Å². The third-order valence-corrected chi connectivity index (χ3v) is 0. The SMILES string of the molecule is O=[C-]O.[AlH3].[Zr]. The zero-order valence-corrected chi connectivity index (χ0v) is 4.31. The Morgan fingerprint density at radius 2 is 1.60 bits per heavy atom. The molecule has 2 nitrogen and oxygen atoms in total. The Labute approximate surface area is 59.8 Å². The summed E-state index contributed by atoms with van der Waals surface area (Å²) in [6, 6.07) is 0. The van der Waals surface area contributed by atoms with E-state index in [-0.39, 0.29) is 43.6 Å². The second-order valence-corrected chi connectivity index (χ2v) is 0.0913. The van der Waals surface area contributed by atoms with Crippen LogP contribution in [0.1, 0.15) is 0 Å². The molecule has 0 unspecified atom stereocenters. The van der Waals surface area contributed by atoms with Crippen LogP contribution in [0, 0.1) is 0 Å². The van der Waals surface area contributed by atoms with Gasteiger partial charge in [0.1, 0.15) is 0 Å². The Morgan fingerprint density at radius 3 is 1.60 bits per heavy atom. The summed E-state index contributed by atoms with van der Waals surface area (Å²) in [6.45, 7) is 0.500. The molecular weight excluding hydrogens is 162 g/mol. The van der Waals surface area contributed by atoms with E-state index < -0.39 is 0 Å². The molecule has 28 valence electrons. The normalized spacial score (nSPS) is 2.40. The van der Waals surface area contributed by atoms with Gasteiger partial charge in [-0.25, -0.2) is 0 Å². The molecule has 0 atom stereocenters. The maximum absolute atomic E-state index is 8.24. The monoisotopic (exact) mass is 165 g/mol. The largest absolute Gasteiger partial charge is 0.665 e. The van der Waals surface area contributed by atoms with Gasteiger partial charge in [0.2, 0.25) is 0 Å². The standard InChI is InChI=1S/CHO2.Al.Zr.3H/c2-1-3;;;;;/h(H,2,3);;;;;/q-1;;;;;. The first-order valence-electron chi connectivity index (χ1n) is 0.428. The molecule has 4 heteroatoms. The van der Waals surface area contributed by atoms with Crippen LogP contribution in [0.15, 0.2) is 0 Å². The molecule has 0 aromatic heterocycles. The third-order valence-electron chi connectivity index (χ3n) is 0. The van der Waals surface area contributed by atoms with Gasteiger partial charge in [-0.3, -0.25) is 0 Å². The number of hydrogen-bond donors (Lipinski definition) is 1. The molecule has 0 radical (unpaired) electrons. The molecule has 0 aliphatic heterocycles. The Bertz CT molecular complexity index is 17.1. The smallest absolute Gasteiger partial charge is 0.187 e. The molecule has 0 aliphatic carbocycles. The molecule has 0 aromatic carbocycles. The zero-order valence-electron chi connectivity index (χ0n) is 1.86. The minimum Gasteiger partial charge on any atom is -0.665 e. The molecule has 0 bridgehead atoms. The molecule has 0 fully saturated rings. The molecule has 5 heavy (non-hydrogen) atoms. The molecule has 1 N–H and O–H groups in total. The maximum atomic E-state index is 8.24. The predicted octanol–water partition coefficient (Wildman–Crippen LogP) is -1.57. The first kappa shape index (κ1) is 16.9. The molecule has 0 heterocycles. The van der Waals surface area contributed by atoms with Gasteiger partial charge < -0.3 is 9.90 Å². The van der Waals surface area contributed by atoms with Gasteiger partial charge in [-0.15, -0.1) is 0 Å². The average Bonchev–Trinajstić information content (AvgIpc) is 0.918. The number of aliphatic hydroxyl groups excluding tert-OH is 1. The summed E-state index contributed by atoms with van der Waals surface area (Å²) >= 11 is 0. The van der Waals surface area contributed by atoms with Crippen LogP contribution in [-0.4, -0.2) is 28.9 Å². The van der Waals surface area contributed by atoms with Gasteiger partial charge in [0.15, 0.2) is 17.4 Å². The van der Waals surface area contributed by atoms with E-state index in [1.165, 1.54) is 0 Å². The molecule has 0 rings (SSSR count). The fraction of sp³-hybridized carbons (Fsp3) is 0. The van der Waals surface area contributed by atoms with E-state index in [9.17, 15) is 0 Å². The molecule has 0 saturated heterocycles. The summed E-state index contributed by atoms with van der Waals surface area (Å²) in [4.78, 5) is 8.24. The van der Waals surface area contributed by atoms with Crippen molar-refractivity contribution in [3.8, 4) is 0 Å². The molecule has 0 saturated carbocycles. The van der Waals surface area contributed by atoms with Crippen molar-refractivity contribution in [2.75, 3.05) is 0 Å². The van der Waals surface area contributed by atoms with E-state index in [1.807, 2.05) is 0 Å². The summed E-state index contributed by atoms with van der Waals surface area (Å²) in [5.74, 6) is 0. The summed E-state index contributed by atoms with van der Waals surface area (Å²) < 4.78 is 0. The van der Waals surface area contributed by atoms with Crippen LogP contribution in [0.4, 0.5) is 0 Å². The summed E-state index contributed by atoms with van der Waals surface area (Å²) in [6.07, 6.45) is 0. The summed E-state index contributed by atoms with van der Waals surface area (Å²) in [7, 11) is 0. The minimum atomic E-state index is 0. The van der Waals surface area contributed by atoms with Gasteiger partial charge in [0, 0.05) is 26.2 Å². The Morgan fingerprint density at radius 1 is 1.60 bits per heavy atom. The van der Waals surface area contributed by atoms with Crippen LogP contribution in [-0.2, 0) is 31.0 Å².